The van der Waals surface area contributed by atoms with Gasteiger partial charge >= 0.3 is 11.9 Å². The molecule has 0 aliphatic rings. The summed E-state index contributed by atoms with van der Waals surface area (Å²) in [6.45, 7) is 5.79. The smallest absolute Gasteiger partial charge is 0.335 e. The highest BCUT2D eigenvalue weighted by molar-refractivity contribution is 5.93. The van der Waals surface area contributed by atoms with Gasteiger partial charge in [-0.3, -0.25) is 0 Å². The molecule has 116 valence electrons. The molecule has 0 saturated heterocycles. The second-order valence-corrected chi connectivity index (χ2v) is 4.29. The van der Waals surface area contributed by atoms with Gasteiger partial charge in [0.25, 0.3) is 0 Å². The molecular weight excluding hydrogens is 268 g/mol. The maximum absolute atomic E-state index is 10.2. The van der Waals surface area contributed by atoms with Crippen LogP contribution in [0, 0.1) is 5.41 Å². The zero-order chi connectivity index (χ0) is 16.3. The van der Waals surface area contributed by atoms with E-state index in [1.165, 1.54) is 6.92 Å². The second-order valence-electron chi connectivity index (χ2n) is 4.29. The van der Waals surface area contributed by atoms with E-state index >= 15 is 0 Å². The fraction of sp³-hybridized carbons (Fsp3) is 0.538. The highest BCUT2D eigenvalue weighted by Gasteiger charge is 2.24. The van der Waals surface area contributed by atoms with Gasteiger partial charge in [-0.15, -0.1) is 0 Å². The molecule has 0 aromatic carbocycles. The molecule has 0 saturated carbocycles. The van der Waals surface area contributed by atoms with Crippen molar-refractivity contribution in [2.45, 2.75) is 20.3 Å². The van der Waals surface area contributed by atoms with Crippen LogP contribution in [0.4, 0.5) is 0 Å². The molecule has 0 amide bonds. The van der Waals surface area contributed by atoms with Crippen LogP contribution in [0.3, 0.4) is 0 Å². The summed E-state index contributed by atoms with van der Waals surface area (Å²) in [5.41, 5.74) is -0.942. The van der Waals surface area contributed by atoms with Gasteiger partial charge in [-0.25, -0.2) is 9.59 Å². The van der Waals surface area contributed by atoms with Crippen LogP contribution in [0.15, 0.2) is 23.8 Å². The van der Waals surface area contributed by atoms with Crippen molar-refractivity contribution in [3.8, 4) is 0 Å². The fourth-order valence-corrected chi connectivity index (χ4v) is 0.870. The average Bonchev–Trinajstić information content (AvgIpc) is 2.42. The van der Waals surface area contributed by atoms with E-state index < -0.39 is 17.4 Å². The third-order valence-electron chi connectivity index (χ3n) is 2.76. The first-order valence-corrected chi connectivity index (χ1v) is 5.86. The van der Waals surface area contributed by atoms with Gasteiger partial charge in [-0.2, -0.15) is 0 Å². The van der Waals surface area contributed by atoms with E-state index in [1.54, 1.807) is 0 Å². The molecule has 0 unspecified atom stereocenters. The van der Waals surface area contributed by atoms with Crippen molar-refractivity contribution >= 4 is 11.9 Å². The zero-order valence-electron chi connectivity index (χ0n) is 11.7. The van der Waals surface area contributed by atoms with Crippen molar-refractivity contribution < 1.29 is 35.1 Å². The van der Waals surface area contributed by atoms with Crippen molar-refractivity contribution in [2.24, 2.45) is 5.41 Å². The molecule has 5 N–H and O–H groups in total. The molecule has 0 heterocycles. The van der Waals surface area contributed by atoms with Crippen molar-refractivity contribution in [3.05, 3.63) is 23.8 Å². The van der Waals surface area contributed by atoms with Gasteiger partial charge in [0.05, 0.1) is 25.4 Å². The van der Waals surface area contributed by atoms with Gasteiger partial charge in [-0.05, 0) is 19.4 Å². The molecule has 0 aromatic heterocycles. The van der Waals surface area contributed by atoms with Crippen LogP contribution in [0.5, 0.6) is 0 Å². The Morgan fingerprint density at radius 2 is 1.45 bits per heavy atom. The van der Waals surface area contributed by atoms with Crippen LogP contribution in [-0.2, 0) is 9.59 Å². The molecule has 7 nitrogen and oxygen atoms in total. The predicted octanol–water partition coefficient (Wildman–Crippen LogP) is 0.0178. The summed E-state index contributed by atoms with van der Waals surface area (Å²) in [6, 6.07) is 0. The summed E-state index contributed by atoms with van der Waals surface area (Å²) in [5.74, 6) is -2.36. The van der Waals surface area contributed by atoms with Crippen LogP contribution < -0.4 is 0 Å². The zero-order valence-corrected chi connectivity index (χ0v) is 11.7. The van der Waals surface area contributed by atoms with E-state index in [-0.39, 0.29) is 31.0 Å². The third kappa shape index (κ3) is 7.67. The normalized spacial score (nSPS) is 11.3. The molecule has 0 aliphatic heterocycles. The molecule has 0 atom stereocenters. The first-order chi connectivity index (χ1) is 9.19. The van der Waals surface area contributed by atoms with Crippen LogP contribution >= 0.6 is 0 Å². The minimum Gasteiger partial charge on any atom is -0.478 e. The van der Waals surface area contributed by atoms with Crippen LogP contribution in [0.2, 0.25) is 0 Å². The Morgan fingerprint density at radius 3 is 1.60 bits per heavy atom. The van der Waals surface area contributed by atoms with E-state index in [9.17, 15) is 9.59 Å². The molecule has 0 radical (unpaired) electrons. The van der Waals surface area contributed by atoms with Crippen molar-refractivity contribution in [1.82, 2.24) is 0 Å². The minimum absolute atomic E-state index is 0.0441. The number of rotatable bonds is 7. The third-order valence-corrected chi connectivity index (χ3v) is 2.76. The quantitative estimate of drug-likeness (QED) is 0.329. The highest BCUT2D eigenvalue weighted by Crippen LogP contribution is 2.18. The standard InChI is InChI=1S/C7H8O4.C6H14O3/c1-4(6(8)9)3-5(2)7(10)11;1-2-6(3-7,4-8)5-9/h3H,1H2,2H3,(H,8,9)(H,10,11);7-9H,2-5H2,1H3. The van der Waals surface area contributed by atoms with Gasteiger partial charge in [0.15, 0.2) is 0 Å². The summed E-state index contributed by atoms with van der Waals surface area (Å²) in [4.78, 5) is 20.3. The number of aliphatic hydroxyl groups excluding tert-OH is 3. The molecule has 0 fully saturated rings. The molecular formula is C13H22O7. The maximum atomic E-state index is 10.2. The Balaban J connectivity index is 0. The van der Waals surface area contributed by atoms with Crippen LogP contribution in [0.1, 0.15) is 20.3 Å². The van der Waals surface area contributed by atoms with E-state index in [1.807, 2.05) is 6.92 Å². The summed E-state index contributed by atoms with van der Waals surface area (Å²) < 4.78 is 0. The topological polar surface area (TPSA) is 135 Å². The first kappa shape index (κ1) is 20.6. The Kier molecular flexibility index (Phi) is 10.4. The van der Waals surface area contributed by atoms with E-state index in [2.05, 4.69) is 6.58 Å². The summed E-state index contributed by atoms with van der Waals surface area (Å²) >= 11 is 0. The van der Waals surface area contributed by atoms with Gasteiger partial charge in [0, 0.05) is 11.0 Å². The number of aliphatic hydroxyl groups is 3. The second kappa shape index (κ2) is 10.1. The number of carboxylic acids is 2. The first-order valence-electron chi connectivity index (χ1n) is 5.86. The largest absolute Gasteiger partial charge is 0.478 e. The monoisotopic (exact) mass is 290 g/mol. The number of carbonyl (C=O) groups is 2. The average molecular weight is 290 g/mol. The molecule has 0 spiro atoms. The summed E-state index contributed by atoms with van der Waals surface area (Å²) in [6.07, 6.45) is 1.60. The number of carboxylic acid groups (broad SMARTS) is 2. The van der Waals surface area contributed by atoms with Crippen molar-refractivity contribution in [1.29, 1.82) is 0 Å². The minimum atomic E-state index is -1.22. The molecule has 0 aromatic rings. The van der Waals surface area contributed by atoms with Crippen LogP contribution in [-0.4, -0.2) is 57.3 Å². The fourth-order valence-electron chi connectivity index (χ4n) is 0.870. The molecule has 20 heavy (non-hydrogen) atoms. The molecule has 0 bridgehead atoms. The number of hydrogen-bond acceptors (Lipinski definition) is 5. The Morgan fingerprint density at radius 1 is 1.05 bits per heavy atom. The molecule has 0 rings (SSSR count). The Labute approximate surface area is 117 Å². The lowest BCUT2D eigenvalue weighted by Gasteiger charge is -2.24. The van der Waals surface area contributed by atoms with Crippen LogP contribution in [0.25, 0.3) is 0 Å². The van der Waals surface area contributed by atoms with Crippen molar-refractivity contribution in [3.63, 3.8) is 0 Å². The maximum Gasteiger partial charge on any atom is 0.335 e. The molecule has 7 heteroatoms. The Bertz CT molecular complexity index is 349. The lowest BCUT2D eigenvalue weighted by molar-refractivity contribution is -0.132. The predicted molar refractivity (Wildman–Crippen MR) is 72.2 cm³/mol. The van der Waals surface area contributed by atoms with E-state index in [0.717, 1.165) is 6.08 Å². The lowest BCUT2D eigenvalue weighted by atomic mass is 9.88. The summed E-state index contributed by atoms with van der Waals surface area (Å²) in [7, 11) is 0. The number of aliphatic carboxylic acids is 2. The lowest BCUT2D eigenvalue weighted by Crippen LogP contribution is -2.32. The Hall–Kier alpha value is -1.70. The van der Waals surface area contributed by atoms with Gasteiger partial charge < -0.3 is 25.5 Å². The summed E-state index contributed by atoms with van der Waals surface area (Å²) in [5, 5.41) is 42.6. The van der Waals surface area contributed by atoms with Crippen molar-refractivity contribution in [2.75, 3.05) is 19.8 Å². The van der Waals surface area contributed by atoms with E-state index in [4.69, 9.17) is 25.5 Å². The van der Waals surface area contributed by atoms with Gasteiger partial charge in [0.2, 0.25) is 0 Å². The van der Waals surface area contributed by atoms with E-state index in [0.29, 0.717) is 6.42 Å². The SMILES string of the molecule is C=C(C=C(C)C(=O)O)C(=O)O.CCC(CO)(CO)CO. The van der Waals surface area contributed by atoms with Gasteiger partial charge in [-0.1, -0.05) is 13.5 Å². The number of hydrogen-bond donors (Lipinski definition) is 5. The molecule has 0 aliphatic carbocycles. The van der Waals surface area contributed by atoms with Gasteiger partial charge in [0.1, 0.15) is 0 Å². The highest BCUT2D eigenvalue weighted by atomic mass is 16.4.